The van der Waals surface area contributed by atoms with E-state index in [1.165, 1.54) is 15.9 Å². The Morgan fingerprint density at radius 1 is 1.14 bits per heavy atom. The molecule has 2 aromatic carbocycles. The monoisotopic (exact) mass is 456 g/mol. The SMILES string of the molecule is CCc1ccc([C@H](C)NC(=O)CCCN(c2cc(Cl)ccc2Cl)S(C)(=O)=O)cc1. The largest absolute Gasteiger partial charge is 0.350 e. The third kappa shape index (κ3) is 6.91. The summed E-state index contributed by atoms with van der Waals surface area (Å²) in [5, 5.41) is 3.63. The van der Waals surface area contributed by atoms with E-state index in [2.05, 4.69) is 24.4 Å². The topological polar surface area (TPSA) is 66.5 Å². The molecule has 0 saturated heterocycles. The molecule has 0 heterocycles. The van der Waals surface area contributed by atoms with Gasteiger partial charge in [0.05, 0.1) is 23.0 Å². The maximum atomic E-state index is 12.3. The maximum absolute atomic E-state index is 12.3. The standard InChI is InChI=1S/C21H26Cl2N2O3S/c1-4-16-7-9-17(10-8-16)15(2)24-21(26)6-5-13-25(29(3,27)28)20-14-18(22)11-12-19(20)23/h7-12,14-15H,4-6,13H2,1-3H3,(H,24,26)/t15-/m0/s1. The minimum Gasteiger partial charge on any atom is -0.350 e. The molecule has 2 rings (SSSR count). The minimum absolute atomic E-state index is 0.123. The number of nitrogens with zero attached hydrogens (tertiary/aromatic N) is 1. The third-order valence-electron chi connectivity index (χ3n) is 4.61. The van der Waals surface area contributed by atoms with E-state index in [9.17, 15) is 13.2 Å². The normalized spacial score (nSPS) is 12.4. The molecule has 158 valence electrons. The number of sulfonamides is 1. The zero-order valence-electron chi connectivity index (χ0n) is 16.8. The molecule has 1 amide bonds. The molecule has 29 heavy (non-hydrogen) atoms. The second-order valence-electron chi connectivity index (χ2n) is 6.92. The zero-order chi connectivity index (χ0) is 21.6. The van der Waals surface area contributed by atoms with Crippen LogP contribution in [0.25, 0.3) is 0 Å². The first kappa shape index (κ1) is 23.5. The van der Waals surface area contributed by atoms with Crippen LogP contribution in [0.5, 0.6) is 0 Å². The molecule has 0 radical (unpaired) electrons. The molecule has 0 spiro atoms. The third-order valence-corrected chi connectivity index (χ3v) is 6.34. The summed E-state index contributed by atoms with van der Waals surface area (Å²) in [5.41, 5.74) is 2.58. The number of amides is 1. The summed E-state index contributed by atoms with van der Waals surface area (Å²) in [4.78, 5) is 12.3. The Hall–Kier alpha value is -1.76. The van der Waals surface area contributed by atoms with E-state index in [4.69, 9.17) is 23.2 Å². The summed E-state index contributed by atoms with van der Waals surface area (Å²) in [6.45, 7) is 4.15. The van der Waals surface area contributed by atoms with Gasteiger partial charge < -0.3 is 5.32 Å². The van der Waals surface area contributed by atoms with Gasteiger partial charge >= 0.3 is 0 Å². The summed E-state index contributed by atoms with van der Waals surface area (Å²) in [6, 6.07) is 12.7. The van der Waals surface area contributed by atoms with Gasteiger partial charge in [-0.15, -0.1) is 0 Å². The number of benzene rings is 2. The predicted octanol–water partition coefficient (Wildman–Crippen LogP) is 4.98. The van der Waals surface area contributed by atoms with Crippen LogP contribution in [0.4, 0.5) is 5.69 Å². The van der Waals surface area contributed by atoms with Crippen LogP contribution in [-0.4, -0.2) is 27.1 Å². The van der Waals surface area contributed by atoms with E-state index in [1.807, 2.05) is 19.1 Å². The maximum Gasteiger partial charge on any atom is 0.232 e. The van der Waals surface area contributed by atoms with Gasteiger partial charge in [-0.25, -0.2) is 8.42 Å². The highest BCUT2D eigenvalue weighted by atomic mass is 35.5. The van der Waals surface area contributed by atoms with Crippen LogP contribution in [-0.2, 0) is 21.2 Å². The van der Waals surface area contributed by atoms with E-state index >= 15 is 0 Å². The van der Waals surface area contributed by atoms with Crippen LogP contribution < -0.4 is 9.62 Å². The Morgan fingerprint density at radius 2 is 1.79 bits per heavy atom. The molecule has 0 aromatic heterocycles. The van der Waals surface area contributed by atoms with Crippen molar-refractivity contribution in [3.05, 3.63) is 63.6 Å². The lowest BCUT2D eigenvalue weighted by Gasteiger charge is -2.23. The molecule has 0 aliphatic rings. The number of aryl methyl sites for hydroxylation is 1. The van der Waals surface area contributed by atoms with Crippen molar-refractivity contribution in [2.45, 2.75) is 39.2 Å². The van der Waals surface area contributed by atoms with Gasteiger partial charge in [0, 0.05) is 18.0 Å². The molecule has 0 fully saturated rings. The van der Waals surface area contributed by atoms with Crippen molar-refractivity contribution in [3.8, 4) is 0 Å². The second-order valence-corrected chi connectivity index (χ2v) is 9.67. The summed E-state index contributed by atoms with van der Waals surface area (Å²) in [5.74, 6) is -0.136. The fraction of sp³-hybridized carbons (Fsp3) is 0.381. The van der Waals surface area contributed by atoms with E-state index in [0.717, 1.165) is 18.2 Å². The average Bonchev–Trinajstić information content (AvgIpc) is 2.66. The second kappa shape index (κ2) is 10.3. The zero-order valence-corrected chi connectivity index (χ0v) is 19.1. The molecule has 8 heteroatoms. The molecule has 0 bridgehead atoms. The lowest BCUT2D eigenvalue weighted by molar-refractivity contribution is -0.121. The van der Waals surface area contributed by atoms with E-state index in [1.54, 1.807) is 12.1 Å². The fourth-order valence-electron chi connectivity index (χ4n) is 2.96. The van der Waals surface area contributed by atoms with E-state index < -0.39 is 10.0 Å². The van der Waals surface area contributed by atoms with Crippen molar-refractivity contribution < 1.29 is 13.2 Å². The number of hydrogen-bond donors (Lipinski definition) is 1. The Labute approximate surface area is 183 Å². The highest BCUT2D eigenvalue weighted by Crippen LogP contribution is 2.30. The van der Waals surface area contributed by atoms with Gasteiger partial charge in [-0.2, -0.15) is 0 Å². The molecule has 0 saturated carbocycles. The Balaban J connectivity index is 1.96. The highest BCUT2D eigenvalue weighted by Gasteiger charge is 2.21. The molecular weight excluding hydrogens is 431 g/mol. The molecule has 1 atom stereocenters. The first-order chi connectivity index (χ1) is 13.6. The highest BCUT2D eigenvalue weighted by molar-refractivity contribution is 7.92. The number of carbonyl (C=O) groups is 1. The molecule has 5 nitrogen and oxygen atoms in total. The molecule has 1 N–H and O–H groups in total. The molecule has 2 aromatic rings. The summed E-state index contributed by atoms with van der Waals surface area (Å²) in [6.07, 6.45) is 2.62. The van der Waals surface area contributed by atoms with Crippen LogP contribution in [0.1, 0.15) is 43.9 Å². The minimum atomic E-state index is -3.57. The smallest absolute Gasteiger partial charge is 0.232 e. The summed E-state index contributed by atoms with van der Waals surface area (Å²) in [7, 11) is -3.57. The van der Waals surface area contributed by atoms with Gasteiger partial charge in [-0.1, -0.05) is 54.4 Å². The molecule has 0 unspecified atom stereocenters. The van der Waals surface area contributed by atoms with Crippen LogP contribution in [0, 0.1) is 0 Å². The van der Waals surface area contributed by atoms with Gasteiger partial charge in [0.1, 0.15) is 0 Å². The van der Waals surface area contributed by atoms with Crippen LogP contribution in [0.15, 0.2) is 42.5 Å². The first-order valence-corrected chi connectivity index (χ1v) is 12.0. The molecule has 0 aliphatic heterocycles. The van der Waals surface area contributed by atoms with Gasteiger partial charge in [-0.05, 0) is 49.1 Å². The van der Waals surface area contributed by atoms with Crippen LogP contribution >= 0.6 is 23.2 Å². The summed E-state index contributed by atoms with van der Waals surface area (Å²) >= 11 is 12.1. The fourth-order valence-corrected chi connectivity index (χ4v) is 4.37. The Morgan fingerprint density at radius 3 is 2.38 bits per heavy atom. The number of nitrogens with one attached hydrogen (secondary N) is 1. The van der Waals surface area contributed by atoms with Crippen LogP contribution in [0.3, 0.4) is 0 Å². The number of halogens is 2. The van der Waals surface area contributed by atoms with Gasteiger partial charge in [0.25, 0.3) is 0 Å². The van der Waals surface area contributed by atoms with Crippen molar-refractivity contribution in [1.29, 1.82) is 0 Å². The lowest BCUT2D eigenvalue weighted by atomic mass is 10.0. The number of anilines is 1. The van der Waals surface area contributed by atoms with Gasteiger partial charge in [-0.3, -0.25) is 9.10 Å². The number of hydrogen-bond acceptors (Lipinski definition) is 3. The van der Waals surface area contributed by atoms with Crippen molar-refractivity contribution in [2.24, 2.45) is 0 Å². The van der Waals surface area contributed by atoms with E-state index in [-0.39, 0.29) is 29.9 Å². The first-order valence-electron chi connectivity index (χ1n) is 9.42. The van der Waals surface area contributed by atoms with Crippen molar-refractivity contribution in [1.82, 2.24) is 5.32 Å². The lowest BCUT2D eigenvalue weighted by Crippen LogP contribution is -2.32. The molecular formula is C21H26Cl2N2O3S. The van der Waals surface area contributed by atoms with Crippen molar-refractivity contribution in [3.63, 3.8) is 0 Å². The van der Waals surface area contributed by atoms with E-state index in [0.29, 0.717) is 17.1 Å². The number of rotatable bonds is 9. The number of carbonyl (C=O) groups excluding carboxylic acids is 1. The quantitative estimate of drug-likeness (QED) is 0.578. The predicted molar refractivity (Wildman–Crippen MR) is 120 cm³/mol. The van der Waals surface area contributed by atoms with Crippen LogP contribution in [0.2, 0.25) is 10.0 Å². The Bertz CT molecular complexity index is 947. The van der Waals surface area contributed by atoms with Gasteiger partial charge in [0.2, 0.25) is 15.9 Å². The van der Waals surface area contributed by atoms with Gasteiger partial charge in [0.15, 0.2) is 0 Å². The summed E-state index contributed by atoms with van der Waals surface area (Å²) < 4.78 is 25.6. The molecule has 0 aliphatic carbocycles. The average molecular weight is 457 g/mol. The van der Waals surface area contributed by atoms with Crippen molar-refractivity contribution >= 4 is 44.8 Å². The van der Waals surface area contributed by atoms with Crippen molar-refractivity contribution in [2.75, 3.05) is 17.1 Å². The Kier molecular flexibility index (Phi) is 8.37.